The number of carbonyl (C=O) groups is 3. The maximum atomic E-state index is 10.6. The molecule has 1 rings (SSSR count). The SMILES string of the molecule is [3H]C1([C@H](N)C(=O)O)[C@H](C(=O)O)[C@H]1C(=O)O. The molecule has 0 unspecified atom stereocenters. The summed E-state index contributed by atoms with van der Waals surface area (Å²) < 4.78 is 7.49. The summed E-state index contributed by atoms with van der Waals surface area (Å²) in [6.45, 7) is 0. The molecule has 0 aromatic heterocycles. The van der Waals surface area contributed by atoms with E-state index in [1.165, 1.54) is 0 Å². The Hall–Kier alpha value is -1.63. The lowest BCUT2D eigenvalue weighted by atomic mass is 10.1. The monoisotopic (exact) mass is 205 g/mol. The first-order valence-electron chi connectivity index (χ1n) is 4.18. The van der Waals surface area contributed by atoms with E-state index in [-0.39, 0.29) is 0 Å². The normalized spacial score (nSPS) is 38.2. The molecule has 0 aromatic carbocycles. The van der Waals surface area contributed by atoms with E-state index in [1.54, 1.807) is 0 Å². The van der Waals surface area contributed by atoms with Crippen LogP contribution in [0.4, 0.5) is 0 Å². The molecule has 0 saturated heterocycles. The van der Waals surface area contributed by atoms with Gasteiger partial charge in [-0.15, -0.1) is 0 Å². The molecule has 14 heavy (non-hydrogen) atoms. The van der Waals surface area contributed by atoms with Crippen LogP contribution in [0.1, 0.15) is 1.37 Å². The molecule has 1 aliphatic carbocycles. The van der Waals surface area contributed by atoms with Crippen LogP contribution in [0.5, 0.6) is 0 Å². The second-order valence-electron chi connectivity index (χ2n) is 2.95. The standard InChI is InChI=1S/C7H9NO6/c8-4(7(13)14)1-2(5(9)10)3(1)6(11)12/h1-4H,8H2,(H,9,10)(H,11,12)(H,13,14)/t2-,3-,4-/m0/s1/i1T. The van der Waals surface area contributed by atoms with Crippen LogP contribution in [0.25, 0.3) is 0 Å². The summed E-state index contributed by atoms with van der Waals surface area (Å²) in [5.41, 5.74) is 5.10. The average molecular weight is 205 g/mol. The van der Waals surface area contributed by atoms with Crippen molar-refractivity contribution in [3.63, 3.8) is 0 Å². The molecule has 1 fully saturated rings. The molecule has 7 nitrogen and oxygen atoms in total. The van der Waals surface area contributed by atoms with Gasteiger partial charge < -0.3 is 21.1 Å². The maximum Gasteiger partial charge on any atom is 0.320 e. The van der Waals surface area contributed by atoms with Crippen LogP contribution >= 0.6 is 0 Å². The van der Waals surface area contributed by atoms with Crippen molar-refractivity contribution in [2.24, 2.45) is 23.5 Å². The molecule has 0 spiro atoms. The highest BCUT2D eigenvalue weighted by Crippen LogP contribution is 2.48. The average Bonchev–Trinajstić information content (AvgIpc) is 2.72. The molecule has 0 aromatic rings. The van der Waals surface area contributed by atoms with Gasteiger partial charge in [0.15, 0.2) is 0 Å². The fraction of sp³-hybridized carbons (Fsp3) is 0.571. The molecule has 0 heterocycles. The van der Waals surface area contributed by atoms with Crippen molar-refractivity contribution in [2.75, 3.05) is 0 Å². The van der Waals surface area contributed by atoms with Gasteiger partial charge in [0.1, 0.15) is 6.04 Å². The quantitative estimate of drug-likeness (QED) is 0.434. The third-order valence-corrected chi connectivity index (χ3v) is 2.10. The first-order valence-corrected chi connectivity index (χ1v) is 3.68. The Labute approximate surface area is 79.5 Å². The van der Waals surface area contributed by atoms with Crippen molar-refractivity contribution in [3.8, 4) is 0 Å². The number of nitrogens with two attached hydrogens (primary N) is 1. The summed E-state index contributed by atoms with van der Waals surface area (Å²) in [6.07, 6.45) is 0. The van der Waals surface area contributed by atoms with Gasteiger partial charge in [-0.1, -0.05) is 0 Å². The summed E-state index contributed by atoms with van der Waals surface area (Å²) in [5, 5.41) is 25.7. The van der Waals surface area contributed by atoms with Crippen molar-refractivity contribution >= 4 is 17.9 Å². The zero-order valence-corrected chi connectivity index (χ0v) is 6.88. The van der Waals surface area contributed by atoms with E-state index in [9.17, 15) is 14.4 Å². The highest BCUT2D eigenvalue weighted by molar-refractivity contribution is 5.89. The second-order valence-corrected chi connectivity index (χ2v) is 2.95. The molecule has 5 N–H and O–H groups in total. The van der Waals surface area contributed by atoms with E-state index in [1.807, 2.05) is 0 Å². The third kappa shape index (κ3) is 1.53. The minimum absolute atomic E-state index is 1.52. The van der Waals surface area contributed by atoms with E-state index >= 15 is 0 Å². The molecule has 1 aliphatic rings. The Morgan fingerprint density at radius 3 is 1.71 bits per heavy atom. The number of hydrogen-bond donors (Lipinski definition) is 4. The van der Waals surface area contributed by atoms with E-state index in [4.69, 9.17) is 22.4 Å². The van der Waals surface area contributed by atoms with E-state index in [2.05, 4.69) is 0 Å². The smallest absolute Gasteiger partial charge is 0.320 e. The van der Waals surface area contributed by atoms with Crippen LogP contribution in [0.2, 0.25) is 0 Å². The van der Waals surface area contributed by atoms with E-state index in [0.29, 0.717) is 0 Å². The molecule has 3 atom stereocenters. The minimum atomic E-state index is -2.16. The van der Waals surface area contributed by atoms with Crippen LogP contribution in [0.3, 0.4) is 0 Å². The van der Waals surface area contributed by atoms with E-state index < -0.39 is 41.7 Å². The highest BCUT2D eigenvalue weighted by atomic mass is 16.4. The Morgan fingerprint density at radius 2 is 1.50 bits per heavy atom. The van der Waals surface area contributed by atoms with Gasteiger partial charge in [-0.25, -0.2) is 0 Å². The maximum absolute atomic E-state index is 10.6. The third-order valence-electron chi connectivity index (χ3n) is 2.10. The Bertz CT molecular complexity index is 322. The number of carboxylic acid groups (broad SMARTS) is 3. The van der Waals surface area contributed by atoms with Gasteiger partial charge in [0.05, 0.1) is 11.8 Å². The Balaban J connectivity index is 2.99. The number of rotatable bonds is 4. The van der Waals surface area contributed by atoms with Gasteiger partial charge >= 0.3 is 17.9 Å². The van der Waals surface area contributed by atoms with Gasteiger partial charge in [-0.3, -0.25) is 14.4 Å². The summed E-state index contributed by atoms with van der Waals surface area (Å²) in [4.78, 5) is 31.7. The molecule has 78 valence electrons. The summed E-state index contributed by atoms with van der Waals surface area (Å²) in [5.74, 6) is -9.92. The van der Waals surface area contributed by atoms with Crippen molar-refractivity contribution in [1.29, 1.82) is 0 Å². The van der Waals surface area contributed by atoms with Gasteiger partial charge in [0, 0.05) is 7.26 Å². The number of carboxylic acids is 3. The van der Waals surface area contributed by atoms with Crippen molar-refractivity contribution < 1.29 is 31.1 Å². The van der Waals surface area contributed by atoms with E-state index in [0.717, 1.165) is 0 Å². The van der Waals surface area contributed by atoms with Crippen LogP contribution in [0, 0.1) is 17.7 Å². The lowest BCUT2D eigenvalue weighted by Crippen LogP contribution is -2.34. The summed E-state index contributed by atoms with van der Waals surface area (Å²) in [6, 6.07) is -1.82. The van der Waals surface area contributed by atoms with Crippen LogP contribution in [-0.4, -0.2) is 39.3 Å². The van der Waals surface area contributed by atoms with Gasteiger partial charge in [0.25, 0.3) is 0 Å². The first-order chi connectivity index (χ1) is 6.74. The molecular formula is C7H9NO6. The van der Waals surface area contributed by atoms with Crippen LogP contribution in [0.15, 0.2) is 0 Å². The van der Waals surface area contributed by atoms with Crippen LogP contribution in [-0.2, 0) is 14.4 Å². The summed E-state index contributed by atoms with van der Waals surface area (Å²) >= 11 is 0. The topological polar surface area (TPSA) is 138 Å². The molecule has 0 radical (unpaired) electrons. The zero-order chi connectivity index (χ0) is 12.0. The zero-order valence-electron chi connectivity index (χ0n) is 7.88. The predicted molar refractivity (Wildman–Crippen MR) is 41.4 cm³/mol. The molecule has 0 bridgehead atoms. The number of hydrogen-bond acceptors (Lipinski definition) is 4. The summed E-state index contributed by atoms with van der Waals surface area (Å²) in [7, 11) is 0. The highest BCUT2D eigenvalue weighted by Gasteiger charge is 2.63. The lowest BCUT2D eigenvalue weighted by molar-refractivity contribution is -0.144. The van der Waals surface area contributed by atoms with Crippen molar-refractivity contribution in [2.45, 2.75) is 6.04 Å². The van der Waals surface area contributed by atoms with Gasteiger partial charge in [-0.05, 0) is 0 Å². The Kier molecular flexibility index (Phi) is 2.08. The minimum Gasteiger partial charge on any atom is -0.481 e. The van der Waals surface area contributed by atoms with Gasteiger partial charge in [-0.2, -0.15) is 0 Å². The second kappa shape index (κ2) is 3.26. The van der Waals surface area contributed by atoms with Crippen molar-refractivity contribution in [3.05, 3.63) is 0 Å². The largest absolute Gasteiger partial charge is 0.481 e. The predicted octanol–water partition coefficient (Wildman–Crippen LogP) is -1.57. The molecule has 1 saturated carbocycles. The lowest BCUT2D eigenvalue weighted by Gasteiger charge is -2.02. The Morgan fingerprint density at radius 1 is 1.14 bits per heavy atom. The van der Waals surface area contributed by atoms with Gasteiger partial charge in [0.2, 0.25) is 0 Å². The molecular weight excluding hydrogens is 194 g/mol. The van der Waals surface area contributed by atoms with Crippen LogP contribution < -0.4 is 5.73 Å². The fourth-order valence-corrected chi connectivity index (χ4v) is 1.38. The molecule has 0 aliphatic heterocycles. The molecule has 0 amide bonds. The fourth-order valence-electron chi connectivity index (χ4n) is 1.38. The first kappa shape index (κ1) is 8.95. The molecule has 7 heteroatoms. The number of aliphatic carboxylic acids is 3. The van der Waals surface area contributed by atoms with Crippen molar-refractivity contribution in [1.82, 2.24) is 0 Å².